The zero-order valence-corrected chi connectivity index (χ0v) is 19.0. The van der Waals surface area contributed by atoms with E-state index in [2.05, 4.69) is 30.7 Å². The fraction of sp³-hybridized carbons (Fsp3) is 0.409. The Morgan fingerprint density at radius 1 is 1.18 bits per heavy atom. The second-order valence-corrected chi connectivity index (χ2v) is 8.19. The molecule has 3 aromatic heterocycles. The van der Waals surface area contributed by atoms with Gasteiger partial charge in [-0.05, 0) is 25.0 Å². The summed E-state index contributed by atoms with van der Waals surface area (Å²) in [7, 11) is 1.86. The summed E-state index contributed by atoms with van der Waals surface area (Å²) in [6.45, 7) is 4.54. The number of aromatic nitrogens is 5. The van der Waals surface area contributed by atoms with Crippen LogP contribution in [0.15, 0.2) is 30.7 Å². The Morgan fingerprint density at radius 2 is 1.97 bits per heavy atom. The summed E-state index contributed by atoms with van der Waals surface area (Å²) < 4.78 is 39.6. The molecule has 0 aromatic carbocycles. The Kier molecular flexibility index (Phi) is 6.40. The highest BCUT2D eigenvalue weighted by atomic mass is 19.4. The molecule has 0 aliphatic carbocycles. The number of likely N-dealkylation sites (N-methyl/N-ethyl adjacent to an activating group) is 1. The number of aryl methyl sites for hydroxylation is 1. The largest absolute Gasteiger partial charge is 0.433 e. The van der Waals surface area contributed by atoms with E-state index < -0.39 is 11.9 Å². The number of halogens is 3. The number of nitrogens with one attached hydrogen (secondary N) is 2. The Balaban J connectivity index is 1.42. The summed E-state index contributed by atoms with van der Waals surface area (Å²) in [5.74, 6) is 1.03. The molecule has 0 radical (unpaired) electrons. The van der Waals surface area contributed by atoms with Crippen LogP contribution in [0.4, 0.5) is 30.6 Å². The molecule has 0 saturated carbocycles. The minimum Gasteiger partial charge on any atom is -0.350 e. The van der Waals surface area contributed by atoms with Crippen LogP contribution in [0.5, 0.6) is 0 Å². The van der Waals surface area contributed by atoms with Crippen molar-refractivity contribution in [2.24, 2.45) is 0 Å². The van der Waals surface area contributed by atoms with Crippen molar-refractivity contribution in [2.45, 2.75) is 52.0 Å². The fourth-order valence-electron chi connectivity index (χ4n) is 3.80. The molecule has 3 aromatic rings. The van der Waals surface area contributed by atoms with Crippen LogP contribution in [0.3, 0.4) is 0 Å². The van der Waals surface area contributed by atoms with Crippen molar-refractivity contribution in [1.29, 1.82) is 0 Å². The van der Waals surface area contributed by atoms with Crippen molar-refractivity contribution in [3.05, 3.63) is 53.2 Å². The number of amides is 1. The van der Waals surface area contributed by atoms with Crippen LogP contribution in [0.2, 0.25) is 0 Å². The van der Waals surface area contributed by atoms with Crippen molar-refractivity contribution in [3.63, 3.8) is 0 Å². The summed E-state index contributed by atoms with van der Waals surface area (Å²) in [6, 6.07) is 2.07. The molecule has 9 nitrogen and oxygen atoms in total. The highest BCUT2D eigenvalue weighted by Gasteiger charge is 2.33. The van der Waals surface area contributed by atoms with E-state index in [1.807, 2.05) is 25.8 Å². The lowest BCUT2D eigenvalue weighted by Crippen LogP contribution is -2.46. The van der Waals surface area contributed by atoms with Gasteiger partial charge in [-0.1, -0.05) is 19.4 Å². The van der Waals surface area contributed by atoms with E-state index in [4.69, 9.17) is 0 Å². The van der Waals surface area contributed by atoms with E-state index in [0.717, 1.165) is 24.5 Å². The number of carbonyl (C=O) groups is 1. The molecule has 1 amide bonds. The van der Waals surface area contributed by atoms with Crippen molar-refractivity contribution in [1.82, 2.24) is 24.7 Å². The molecule has 12 heteroatoms. The maximum absolute atomic E-state index is 12.7. The molecule has 1 aliphatic rings. The molecule has 180 valence electrons. The number of alkyl halides is 3. The van der Waals surface area contributed by atoms with Crippen LogP contribution in [0.25, 0.3) is 0 Å². The summed E-state index contributed by atoms with van der Waals surface area (Å²) >= 11 is 0. The van der Waals surface area contributed by atoms with Crippen LogP contribution in [0, 0.1) is 6.92 Å². The minimum absolute atomic E-state index is 0.0556. The minimum atomic E-state index is -4.46. The van der Waals surface area contributed by atoms with Crippen molar-refractivity contribution in [3.8, 4) is 0 Å². The molecular formula is C22H25F3N8O. The van der Waals surface area contributed by atoms with Crippen molar-refractivity contribution < 1.29 is 18.0 Å². The molecule has 4 rings (SSSR count). The Bertz CT molecular complexity index is 1180. The van der Waals surface area contributed by atoms with Gasteiger partial charge in [0.05, 0.1) is 18.4 Å². The molecule has 0 unspecified atom stereocenters. The zero-order valence-electron chi connectivity index (χ0n) is 19.0. The number of rotatable bonds is 7. The van der Waals surface area contributed by atoms with E-state index in [0.29, 0.717) is 41.8 Å². The number of pyridine rings is 1. The van der Waals surface area contributed by atoms with Crippen LogP contribution >= 0.6 is 0 Å². The number of hydrogen-bond acceptors (Lipinski definition) is 7. The highest BCUT2D eigenvalue weighted by molar-refractivity contribution is 6.03. The number of fused-ring (bicyclic) bond motifs is 1. The van der Waals surface area contributed by atoms with Crippen LogP contribution in [-0.2, 0) is 24.1 Å². The van der Waals surface area contributed by atoms with E-state index in [-0.39, 0.29) is 11.9 Å². The first-order valence-corrected chi connectivity index (χ1v) is 10.9. The number of nitrogens with zero attached hydrogens (tertiary/aromatic N) is 6. The summed E-state index contributed by atoms with van der Waals surface area (Å²) in [5.41, 5.74) is 1.81. The first-order chi connectivity index (χ1) is 16.2. The topological polar surface area (TPSA) is 101 Å². The summed E-state index contributed by atoms with van der Waals surface area (Å²) in [5, 5.41) is 10.4. The Hall–Kier alpha value is -3.70. The molecular weight excluding hydrogens is 449 g/mol. The molecule has 0 saturated heterocycles. The Morgan fingerprint density at radius 3 is 2.65 bits per heavy atom. The van der Waals surface area contributed by atoms with Crippen molar-refractivity contribution in [2.75, 3.05) is 22.6 Å². The van der Waals surface area contributed by atoms with Gasteiger partial charge in [0, 0.05) is 31.5 Å². The molecule has 0 fully saturated rings. The average molecular weight is 474 g/mol. The fourth-order valence-corrected chi connectivity index (χ4v) is 3.80. The monoisotopic (exact) mass is 474 g/mol. The van der Waals surface area contributed by atoms with Gasteiger partial charge >= 0.3 is 6.18 Å². The highest BCUT2D eigenvalue weighted by Crippen LogP contribution is 2.33. The number of anilines is 3. The second kappa shape index (κ2) is 9.27. The van der Waals surface area contributed by atoms with Crippen LogP contribution in [-0.4, -0.2) is 43.7 Å². The molecule has 2 N–H and O–H groups in total. The lowest BCUT2D eigenvalue weighted by Gasteiger charge is -2.34. The van der Waals surface area contributed by atoms with Crippen LogP contribution < -0.4 is 15.5 Å². The SMILES string of the molecule is CCC[C@@H]1C(=O)Nc2c(C)nc(NCc3cnn(Cc4ccc(C(F)(F)F)nc4)c3)nc2N1C. The molecule has 4 heterocycles. The van der Waals surface area contributed by atoms with E-state index >= 15 is 0 Å². The van der Waals surface area contributed by atoms with Gasteiger partial charge in [-0.15, -0.1) is 0 Å². The summed E-state index contributed by atoms with van der Waals surface area (Å²) in [6.07, 6.45) is 1.80. The molecule has 0 bridgehead atoms. The number of carbonyl (C=O) groups excluding carboxylic acids is 1. The van der Waals surface area contributed by atoms with Gasteiger partial charge in [-0.3, -0.25) is 14.5 Å². The normalized spacial score (nSPS) is 15.8. The predicted octanol–water partition coefficient (Wildman–Crippen LogP) is 3.61. The van der Waals surface area contributed by atoms with Gasteiger partial charge in [0.1, 0.15) is 17.4 Å². The second-order valence-electron chi connectivity index (χ2n) is 8.19. The standard InChI is InChI=1S/C22H25F3N8O/c1-4-5-16-20(34)30-18-13(2)29-21(31-19(18)32(16)3)27-9-15-10-28-33(12-15)11-14-6-7-17(26-8-14)22(23,24)25/h6-8,10,12,16H,4-5,9,11H2,1-3H3,(H,30,34)(H,27,29,31)/t16-/m1/s1. The lowest BCUT2D eigenvalue weighted by atomic mass is 10.1. The average Bonchev–Trinajstić information content (AvgIpc) is 3.23. The molecule has 34 heavy (non-hydrogen) atoms. The lowest BCUT2D eigenvalue weighted by molar-refractivity contribution is -0.141. The van der Waals surface area contributed by atoms with E-state index in [1.54, 1.807) is 17.1 Å². The van der Waals surface area contributed by atoms with Gasteiger partial charge in [-0.25, -0.2) is 4.98 Å². The summed E-state index contributed by atoms with van der Waals surface area (Å²) in [4.78, 5) is 26.8. The third kappa shape index (κ3) is 4.95. The van der Waals surface area contributed by atoms with Gasteiger partial charge in [0.2, 0.25) is 11.9 Å². The quantitative estimate of drug-likeness (QED) is 0.540. The number of hydrogen-bond donors (Lipinski definition) is 2. The van der Waals surface area contributed by atoms with Gasteiger partial charge in [-0.2, -0.15) is 23.3 Å². The molecule has 1 atom stereocenters. The van der Waals surface area contributed by atoms with E-state index in [9.17, 15) is 18.0 Å². The smallest absolute Gasteiger partial charge is 0.350 e. The first-order valence-electron chi connectivity index (χ1n) is 10.9. The van der Waals surface area contributed by atoms with Gasteiger partial charge in [0.25, 0.3) is 0 Å². The molecule has 0 spiro atoms. The Labute approximate surface area is 194 Å². The van der Waals surface area contributed by atoms with E-state index in [1.165, 1.54) is 12.3 Å². The first kappa shape index (κ1) is 23.5. The zero-order chi connectivity index (χ0) is 24.5. The van der Waals surface area contributed by atoms with Gasteiger partial charge < -0.3 is 15.5 Å². The molecule has 1 aliphatic heterocycles. The predicted molar refractivity (Wildman–Crippen MR) is 120 cm³/mol. The third-order valence-electron chi connectivity index (χ3n) is 5.58. The van der Waals surface area contributed by atoms with Crippen molar-refractivity contribution >= 4 is 23.4 Å². The maximum atomic E-state index is 12.7. The van der Waals surface area contributed by atoms with Gasteiger partial charge in [0.15, 0.2) is 5.82 Å². The maximum Gasteiger partial charge on any atom is 0.433 e. The third-order valence-corrected chi connectivity index (χ3v) is 5.58. The van der Waals surface area contributed by atoms with Crippen LogP contribution in [0.1, 0.15) is 42.3 Å².